The van der Waals surface area contributed by atoms with Crippen molar-refractivity contribution < 1.29 is 14.3 Å². The number of rotatable bonds is 10. The Morgan fingerprint density at radius 2 is 1.75 bits per heavy atom. The fourth-order valence-electron chi connectivity index (χ4n) is 6.82. The van der Waals surface area contributed by atoms with Crippen molar-refractivity contribution in [3.05, 3.63) is 58.3 Å². The van der Waals surface area contributed by atoms with Gasteiger partial charge in [-0.25, -0.2) is 4.99 Å². The van der Waals surface area contributed by atoms with Crippen LogP contribution >= 0.6 is 11.3 Å². The molecule has 9 nitrogen and oxygen atoms in total. The average molecular weight is 623 g/mol. The van der Waals surface area contributed by atoms with Crippen molar-refractivity contribution in [2.75, 3.05) is 19.6 Å². The second-order valence-corrected chi connectivity index (χ2v) is 14.2. The highest BCUT2D eigenvalue weighted by atomic mass is 32.1. The number of benzene rings is 1. The highest BCUT2D eigenvalue weighted by Crippen LogP contribution is 2.32. The van der Waals surface area contributed by atoms with Crippen molar-refractivity contribution in [1.82, 2.24) is 25.8 Å². The Hall–Kier alpha value is -2.95. The number of carbonyl (C=O) groups is 2. The summed E-state index contributed by atoms with van der Waals surface area (Å²) in [5.74, 6) is 0.119. The first-order valence-corrected chi connectivity index (χ1v) is 17.2. The second kappa shape index (κ2) is 14.9. The summed E-state index contributed by atoms with van der Waals surface area (Å²) in [6.07, 6.45) is 3.92. The monoisotopic (exact) mass is 622 g/mol. The van der Waals surface area contributed by atoms with Crippen LogP contribution in [0.3, 0.4) is 0 Å². The maximum absolute atomic E-state index is 14.4. The lowest BCUT2D eigenvalue weighted by Gasteiger charge is -2.44. The third-order valence-corrected chi connectivity index (χ3v) is 9.83. The predicted molar refractivity (Wildman–Crippen MR) is 176 cm³/mol. The molecule has 0 spiro atoms. The number of nitrogens with one attached hydrogen (secondary N) is 3. The van der Waals surface area contributed by atoms with Gasteiger partial charge in [0, 0.05) is 36.1 Å². The van der Waals surface area contributed by atoms with Gasteiger partial charge < -0.3 is 30.5 Å². The van der Waals surface area contributed by atoms with Crippen LogP contribution in [-0.2, 0) is 20.9 Å². The van der Waals surface area contributed by atoms with E-state index in [9.17, 15) is 9.59 Å². The standard InChI is InChI=1S/C34H50N6O3S/c1-22(2)36-27-15-13-25(14-16-27)30(37-23(3)4)33(42)40-18-17-39(21-29(40)32(41)35-20-28-12-9-19-44-28)34-38-24(5)31(43-34)26-10-7-6-8-11-26/h6-12,19,22-25,27,29-31,36-37H,13-18,20-21H2,1-5H3,(H,35,41)/t24-,25?,27?,29-,30?,31+/m0/s1. The van der Waals surface area contributed by atoms with E-state index in [1.54, 1.807) is 11.3 Å². The maximum atomic E-state index is 14.4. The lowest BCUT2D eigenvalue weighted by atomic mass is 9.80. The molecule has 10 heteroatoms. The van der Waals surface area contributed by atoms with Crippen molar-refractivity contribution in [2.24, 2.45) is 10.9 Å². The van der Waals surface area contributed by atoms with Gasteiger partial charge >= 0.3 is 0 Å². The van der Waals surface area contributed by atoms with E-state index in [1.165, 1.54) is 0 Å². The van der Waals surface area contributed by atoms with E-state index in [2.05, 4.69) is 62.7 Å². The van der Waals surface area contributed by atoms with Crippen LogP contribution < -0.4 is 16.0 Å². The predicted octanol–water partition coefficient (Wildman–Crippen LogP) is 4.32. The van der Waals surface area contributed by atoms with Gasteiger partial charge in [-0.3, -0.25) is 9.59 Å². The van der Waals surface area contributed by atoms with Crippen molar-refractivity contribution in [1.29, 1.82) is 0 Å². The molecule has 2 aromatic rings. The average Bonchev–Trinajstić information content (AvgIpc) is 3.68. The molecular formula is C34H50N6O3S. The summed E-state index contributed by atoms with van der Waals surface area (Å²) in [4.78, 5) is 38.1. The normalized spacial score (nSPS) is 26.4. The Labute approximate surface area is 266 Å². The molecule has 5 rings (SSSR count). The van der Waals surface area contributed by atoms with E-state index in [0.717, 1.165) is 36.1 Å². The first kappa shape index (κ1) is 32.4. The second-order valence-electron chi connectivity index (χ2n) is 13.1. The molecule has 1 aromatic carbocycles. The summed E-state index contributed by atoms with van der Waals surface area (Å²) in [6.45, 7) is 12.4. The minimum Gasteiger partial charge on any atom is -0.455 e. The number of aliphatic imine (C=N–C) groups is 1. The largest absolute Gasteiger partial charge is 0.455 e. The van der Waals surface area contributed by atoms with E-state index in [-0.39, 0.29) is 42.0 Å². The number of hydrogen-bond donors (Lipinski definition) is 3. The molecule has 2 aliphatic heterocycles. The molecule has 44 heavy (non-hydrogen) atoms. The van der Waals surface area contributed by atoms with Crippen LogP contribution in [0.4, 0.5) is 0 Å². The molecule has 3 heterocycles. The summed E-state index contributed by atoms with van der Waals surface area (Å²) in [6, 6.07) is 14.8. The number of amidine groups is 1. The zero-order valence-electron chi connectivity index (χ0n) is 26.9. The summed E-state index contributed by atoms with van der Waals surface area (Å²) in [7, 11) is 0. The lowest BCUT2D eigenvalue weighted by molar-refractivity contribution is -0.146. The first-order valence-electron chi connectivity index (χ1n) is 16.4. The van der Waals surface area contributed by atoms with Gasteiger partial charge in [0.15, 0.2) is 0 Å². The van der Waals surface area contributed by atoms with Crippen molar-refractivity contribution in [3.63, 3.8) is 0 Å². The molecule has 4 atom stereocenters. The number of hydrogen-bond acceptors (Lipinski definition) is 8. The topological polar surface area (TPSA) is 98.3 Å². The quantitative estimate of drug-likeness (QED) is 0.365. The number of carbonyl (C=O) groups excluding carboxylic acids is 2. The van der Waals surface area contributed by atoms with Crippen molar-refractivity contribution in [2.45, 2.75) is 109 Å². The van der Waals surface area contributed by atoms with Crippen LogP contribution in [0.25, 0.3) is 0 Å². The molecule has 1 saturated heterocycles. The molecule has 3 aliphatic rings. The Morgan fingerprint density at radius 1 is 1.00 bits per heavy atom. The molecule has 0 bridgehead atoms. The smallest absolute Gasteiger partial charge is 0.288 e. The number of nitrogens with zero attached hydrogens (tertiary/aromatic N) is 3. The van der Waals surface area contributed by atoms with Crippen molar-refractivity contribution >= 4 is 29.2 Å². The number of ether oxygens (including phenoxy) is 1. The highest BCUT2D eigenvalue weighted by molar-refractivity contribution is 7.09. The maximum Gasteiger partial charge on any atom is 0.288 e. The van der Waals surface area contributed by atoms with Crippen molar-refractivity contribution in [3.8, 4) is 0 Å². The number of amides is 2. The zero-order valence-corrected chi connectivity index (χ0v) is 27.7. The summed E-state index contributed by atoms with van der Waals surface area (Å²) in [5, 5.41) is 12.4. The van der Waals surface area contributed by atoms with Crippen LogP contribution in [0.15, 0.2) is 52.8 Å². The molecular weight excluding hydrogens is 572 g/mol. The van der Waals surface area contributed by atoms with Crippen LogP contribution in [-0.4, -0.2) is 83.5 Å². The SMILES string of the molecule is CC(C)NC1CCC(C(NC(C)C)C(=O)N2CCN(C3=N[C@@H](C)[C@H](c4ccccc4)O3)C[C@H]2C(=O)NCc2cccs2)CC1. The minimum absolute atomic E-state index is 0.0275. The van der Waals surface area contributed by atoms with Gasteiger partial charge in [0.25, 0.3) is 6.02 Å². The molecule has 3 N–H and O–H groups in total. The molecule has 0 radical (unpaired) electrons. The third kappa shape index (κ3) is 8.00. The van der Waals surface area contributed by atoms with Crippen LogP contribution in [0.5, 0.6) is 0 Å². The Balaban J connectivity index is 1.32. The Bertz CT molecular complexity index is 1240. The fourth-order valence-corrected chi connectivity index (χ4v) is 7.46. The van der Waals surface area contributed by atoms with E-state index in [1.807, 2.05) is 45.5 Å². The lowest BCUT2D eigenvalue weighted by Crippen LogP contribution is -2.65. The third-order valence-electron chi connectivity index (χ3n) is 8.96. The Morgan fingerprint density at radius 3 is 2.41 bits per heavy atom. The van der Waals surface area contributed by atoms with Gasteiger partial charge in [0.2, 0.25) is 11.8 Å². The highest BCUT2D eigenvalue weighted by Gasteiger charge is 2.43. The van der Waals surface area contributed by atoms with Gasteiger partial charge in [-0.1, -0.05) is 64.1 Å². The van der Waals surface area contributed by atoms with E-state index < -0.39 is 6.04 Å². The van der Waals surface area contributed by atoms with E-state index in [4.69, 9.17) is 9.73 Å². The fraction of sp³-hybridized carbons (Fsp3) is 0.618. The first-order chi connectivity index (χ1) is 21.2. The van der Waals surface area contributed by atoms with Gasteiger partial charge in [0.1, 0.15) is 12.1 Å². The molecule has 240 valence electrons. The van der Waals surface area contributed by atoms with Crippen LogP contribution in [0, 0.1) is 5.92 Å². The van der Waals surface area contributed by atoms with Gasteiger partial charge in [0.05, 0.1) is 25.2 Å². The van der Waals surface area contributed by atoms with E-state index in [0.29, 0.717) is 44.3 Å². The molecule has 1 aliphatic carbocycles. The van der Waals surface area contributed by atoms with Crippen LogP contribution in [0.2, 0.25) is 0 Å². The van der Waals surface area contributed by atoms with Gasteiger partial charge in [-0.2, -0.15) is 0 Å². The summed E-state index contributed by atoms with van der Waals surface area (Å²) in [5.41, 5.74) is 1.08. The molecule has 1 aromatic heterocycles. The van der Waals surface area contributed by atoms with E-state index >= 15 is 0 Å². The minimum atomic E-state index is -0.649. The van der Waals surface area contributed by atoms with Crippen LogP contribution in [0.1, 0.15) is 76.8 Å². The summed E-state index contributed by atoms with van der Waals surface area (Å²) < 4.78 is 6.40. The summed E-state index contributed by atoms with van der Waals surface area (Å²) >= 11 is 1.61. The molecule has 1 unspecified atom stereocenters. The molecule has 1 saturated carbocycles. The number of piperazine rings is 1. The van der Waals surface area contributed by atoms with Gasteiger partial charge in [-0.05, 0) is 55.5 Å². The Kier molecular flexibility index (Phi) is 11.0. The number of thiophene rings is 1. The molecule has 2 amide bonds. The molecule has 2 fully saturated rings. The zero-order chi connectivity index (χ0) is 31.2. The van der Waals surface area contributed by atoms with Gasteiger partial charge in [-0.15, -0.1) is 11.3 Å².